The maximum Gasteiger partial charge on any atom is 0.281 e. The summed E-state index contributed by atoms with van der Waals surface area (Å²) in [5.41, 5.74) is 0.456. The third-order valence-electron chi connectivity index (χ3n) is 6.39. The number of halogens is 2. The lowest BCUT2D eigenvalue weighted by Crippen LogP contribution is -2.43. The number of carbonyl (C=O) groups excluding carboxylic acids is 1. The molecule has 1 fully saturated rings. The van der Waals surface area contributed by atoms with Gasteiger partial charge in [-0.2, -0.15) is 8.42 Å². The first kappa shape index (κ1) is 25.2. The Kier molecular flexibility index (Phi) is 6.95. The number of hydrogen-bond acceptors (Lipinski definition) is 7. The van der Waals surface area contributed by atoms with Gasteiger partial charge in [-0.1, -0.05) is 36.2 Å². The first-order chi connectivity index (χ1) is 16.5. The van der Waals surface area contributed by atoms with Gasteiger partial charge >= 0.3 is 0 Å². The number of nitrogens with zero attached hydrogens (tertiary/aromatic N) is 3. The van der Waals surface area contributed by atoms with Gasteiger partial charge in [0.25, 0.3) is 15.9 Å². The van der Waals surface area contributed by atoms with Gasteiger partial charge < -0.3 is 10.2 Å². The summed E-state index contributed by atoms with van der Waals surface area (Å²) >= 11 is 12.1. The van der Waals surface area contributed by atoms with Gasteiger partial charge in [0, 0.05) is 23.3 Å². The monoisotopic (exact) mass is 533 g/mol. The van der Waals surface area contributed by atoms with E-state index in [-0.39, 0.29) is 21.9 Å². The molecule has 4 rings (SSSR count). The van der Waals surface area contributed by atoms with Crippen LogP contribution in [0.1, 0.15) is 37.6 Å². The third kappa shape index (κ3) is 5.22. The molecule has 1 aromatic carbocycles. The number of rotatable bonds is 6. The first-order valence-electron chi connectivity index (χ1n) is 11.0. The van der Waals surface area contributed by atoms with Gasteiger partial charge in [-0.05, 0) is 68.7 Å². The Labute approximate surface area is 214 Å². The van der Waals surface area contributed by atoms with Crippen molar-refractivity contribution in [2.75, 3.05) is 16.8 Å². The Balaban J connectivity index is 1.58. The fourth-order valence-electron chi connectivity index (χ4n) is 3.99. The Bertz CT molecular complexity index is 1380. The van der Waals surface area contributed by atoms with E-state index in [1.165, 1.54) is 12.1 Å². The van der Waals surface area contributed by atoms with Crippen molar-refractivity contribution in [1.82, 2.24) is 14.7 Å². The molecule has 11 heteroatoms. The molecule has 8 nitrogen and oxygen atoms in total. The molecule has 1 aliphatic heterocycles. The highest BCUT2D eigenvalue weighted by molar-refractivity contribution is 7.90. The molecule has 35 heavy (non-hydrogen) atoms. The molecule has 1 unspecified atom stereocenters. The second kappa shape index (κ2) is 9.64. The highest BCUT2D eigenvalue weighted by atomic mass is 35.5. The minimum absolute atomic E-state index is 0.181. The van der Waals surface area contributed by atoms with Gasteiger partial charge in [-0.25, -0.2) is 14.7 Å². The topological polar surface area (TPSA) is 104 Å². The third-order valence-corrected chi connectivity index (χ3v) is 8.17. The van der Waals surface area contributed by atoms with Gasteiger partial charge in [0.15, 0.2) is 5.03 Å². The highest BCUT2D eigenvalue weighted by Crippen LogP contribution is 2.38. The molecule has 3 aromatic rings. The predicted molar refractivity (Wildman–Crippen MR) is 138 cm³/mol. The maximum absolute atomic E-state index is 13.1. The van der Waals surface area contributed by atoms with Gasteiger partial charge in [0.2, 0.25) is 0 Å². The summed E-state index contributed by atoms with van der Waals surface area (Å²) in [5.74, 6) is 0.303. The fraction of sp³-hybridized carbons (Fsp3) is 0.292. The van der Waals surface area contributed by atoms with Crippen LogP contribution in [0.5, 0.6) is 0 Å². The molecule has 2 N–H and O–H groups in total. The van der Waals surface area contributed by atoms with Crippen molar-refractivity contribution >= 4 is 56.5 Å². The largest absolute Gasteiger partial charge is 0.351 e. The maximum atomic E-state index is 13.1. The Morgan fingerprint density at radius 2 is 1.91 bits per heavy atom. The molecule has 1 atom stereocenters. The normalized spacial score (nSPS) is 17.3. The lowest BCUT2D eigenvalue weighted by Gasteiger charge is -2.36. The number of benzene rings is 1. The highest BCUT2D eigenvalue weighted by Gasteiger charge is 2.40. The van der Waals surface area contributed by atoms with Crippen LogP contribution in [0.3, 0.4) is 0 Å². The zero-order chi connectivity index (χ0) is 25.4. The molecular formula is C24H25Cl2N5O3S. The van der Waals surface area contributed by atoms with E-state index in [2.05, 4.69) is 45.7 Å². The zero-order valence-corrected chi connectivity index (χ0v) is 21.7. The van der Waals surface area contributed by atoms with E-state index >= 15 is 0 Å². The lowest BCUT2D eigenvalue weighted by molar-refractivity contribution is 0.0981. The van der Waals surface area contributed by atoms with Gasteiger partial charge in [-0.3, -0.25) is 4.79 Å². The SMILES string of the molecule is CC1CCN(c2ncccc2C(=O)NS(=O)(=O)c2cccc(Nc3ccc(Cl)cc3Cl)n2)C1(C)C. The molecule has 1 amide bonds. The van der Waals surface area contributed by atoms with E-state index in [4.69, 9.17) is 23.2 Å². The molecule has 1 aliphatic rings. The number of amides is 1. The van der Waals surface area contributed by atoms with E-state index in [0.29, 0.717) is 27.5 Å². The molecule has 0 saturated carbocycles. The van der Waals surface area contributed by atoms with Crippen LogP contribution in [0, 0.1) is 5.92 Å². The molecule has 184 valence electrons. The van der Waals surface area contributed by atoms with Crippen molar-refractivity contribution in [1.29, 1.82) is 0 Å². The predicted octanol–water partition coefficient (Wildman–Crippen LogP) is 5.27. The number of sulfonamides is 1. The van der Waals surface area contributed by atoms with Crippen molar-refractivity contribution < 1.29 is 13.2 Å². The zero-order valence-electron chi connectivity index (χ0n) is 19.4. The van der Waals surface area contributed by atoms with Gasteiger partial charge in [0.1, 0.15) is 11.6 Å². The number of pyridine rings is 2. The number of nitrogens with one attached hydrogen (secondary N) is 2. The molecule has 2 aromatic heterocycles. The molecule has 0 aliphatic carbocycles. The Morgan fingerprint density at radius 1 is 1.14 bits per heavy atom. The van der Waals surface area contributed by atoms with Gasteiger partial charge in [-0.15, -0.1) is 0 Å². The Morgan fingerprint density at radius 3 is 2.60 bits per heavy atom. The van der Waals surface area contributed by atoms with Crippen molar-refractivity contribution in [3.05, 3.63) is 70.3 Å². The Hall–Kier alpha value is -2.88. The summed E-state index contributed by atoms with van der Waals surface area (Å²) in [5, 5.41) is 3.46. The second-order valence-electron chi connectivity index (χ2n) is 8.91. The summed E-state index contributed by atoms with van der Waals surface area (Å²) in [7, 11) is -4.27. The van der Waals surface area contributed by atoms with Crippen molar-refractivity contribution in [2.24, 2.45) is 5.92 Å². The number of aromatic nitrogens is 2. The molecule has 3 heterocycles. The van der Waals surface area contributed by atoms with E-state index in [1.54, 1.807) is 42.6 Å². The summed E-state index contributed by atoms with van der Waals surface area (Å²) < 4.78 is 28.2. The van der Waals surface area contributed by atoms with E-state index in [0.717, 1.165) is 13.0 Å². The van der Waals surface area contributed by atoms with Crippen LogP contribution in [-0.4, -0.2) is 36.4 Å². The van der Waals surface area contributed by atoms with Crippen LogP contribution in [0.2, 0.25) is 10.0 Å². The molecule has 0 radical (unpaired) electrons. The van der Waals surface area contributed by atoms with Gasteiger partial charge in [0.05, 0.1) is 16.3 Å². The molecule has 1 saturated heterocycles. The van der Waals surface area contributed by atoms with Crippen LogP contribution in [0.4, 0.5) is 17.3 Å². The summed E-state index contributed by atoms with van der Waals surface area (Å²) in [4.78, 5) is 23.7. The number of carbonyl (C=O) groups is 1. The van der Waals surface area contributed by atoms with Crippen LogP contribution < -0.4 is 14.9 Å². The quantitative estimate of drug-likeness (QED) is 0.444. The number of anilines is 3. The fourth-order valence-corrected chi connectivity index (χ4v) is 5.38. The van der Waals surface area contributed by atoms with E-state index in [9.17, 15) is 13.2 Å². The van der Waals surface area contributed by atoms with E-state index in [1.807, 2.05) is 0 Å². The van der Waals surface area contributed by atoms with E-state index < -0.39 is 15.9 Å². The average molecular weight is 534 g/mol. The summed E-state index contributed by atoms with van der Waals surface area (Å²) in [6, 6.07) is 12.4. The minimum atomic E-state index is -4.27. The van der Waals surface area contributed by atoms with Crippen LogP contribution >= 0.6 is 23.2 Å². The van der Waals surface area contributed by atoms with Crippen molar-refractivity contribution in [2.45, 2.75) is 37.8 Å². The summed E-state index contributed by atoms with van der Waals surface area (Å²) in [6.07, 6.45) is 2.54. The van der Waals surface area contributed by atoms with Crippen LogP contribution in [-0.2, 0) is 10.0 Å². The standard InChI is InChI=1S/C24H25Cl2N5O3S/c1-15-11-13-31(24(15,2)3)22-17(6-5-12-27-22)23(32)30-35(33,34)21-8-4-7-20(29-21)28-19-10-9-16(25)14-18(19)26/h4-10,12,14-15H,11,13H2,1-3H3,(H,28,29)(H,30,32). The van der Waals surface area contributed by atoms with Crippen LogP contribution in [0.15, 0.2) is 59.8 Å². The average Bonchev–Trinajstić information content (AvgIpc) is 3.07. The van der Waals surface area contributed by atoms with Crippen LogP contribution in [0.25, 0.3) is 0 Å². The smallest absolute Gasteiger partial charge is 0.281 e. The summed E-state index contributed by atoms with van der Waals surface area (Å²) in [6.45, 7) is 7.05. The molecule has 0 spiro atoms. The van der Waals surface area contributed by atoms with Crippen molar-refractivity contribution in [3.63, 3.8) is 0 Å². The minimum Gasteiger partial charge on any atom is -0.351 e. The molecule has 0 bridgehead atoms. The molecular weight excluding hydrogens is 509 g/mol. The number of hydrogen-bond donors (Lipinski definition) is 2. The second-order valence-corrected chi connectivity index (χ2v) is 11.4. The lowest BCUT2D eigenvalue weighted by atomic mass is 9.90. The first-order valence-corrected chi connectivity index (χ1v) is 13.2. The van der Waals surface area contributed by atoms with Crippen molar-refractivity contribution in [3.8, 4) is 0 Å².